The number of rotatable bonds is 8. The first-order valence-corrected chi connectivity index (χ1v) is 11.7. The SMILES string of the molecule is CCNC(=NCc1cccnc1N1CCC(C(N)=O)CC1)NCC(C)(C)N1CCOCC1. The lowest BCUT2D eigenvalue weighted by molar-refractivity contribution is -0.122. The van der Waals surface area contributed by atoms with Crippen LogP contribution in [0.4, 0.5) is 5.82 Å². The van der Waals surface area contributed by atoms with Crippen LogP contribution in [0.15, 0.2) is 23.3 Å². The molecular formula is C23H39N7O2. The Balaban J connectivity index is 1.63. The van der Waals surface area contributed by atoms with Crippen molar-refractivity contribution in [2.45, 2.75) is 45.7 Å². The number of amides is 1. The van der Waals surface area contributed by atoms with Gasteiger partial charge in [0.2, 0.25) is 5.91 Å². The van der Waals surface area contributed by atoms with E-state index < -0.39 is 0 Å². The maximum absolute atomic E-state index is 11.5. The number of carbonyl (C=O) groups excluding carboxylic acids is 1. The van der Waals surface area contributed by atoms with E-state index in [2.05, 4.69) is 52.3 Å². The highest BCUT2D eigenvalue weighted by Gasteiger charge is 2.28. The van der Waals surface area contributed by atoms with Crippen LogP contribution in [0.25, 0.3) is 0 Å². The number of nitrogens with one attached hydrogen (secondary N) is 2. The fourth-order valence-electron chi connectivity index (χ4n) is 4.30. The van der Waals surface area contributed by atoms with Crippen LogP contribution in [0, 0.1) is 5.92 Å². The van der Waals surface area contributed by atoms with Crippen LogP contribution in [0.1, 0.15) is 39.2 Å². The smallest absolute Gasteiger partial charge is 0.220 e. The Kier molecular flexibility index (Phi) is 8.69. The molecule has 1 aromatic heterocycles. The van der Waals surface area contributed by atoms with Gasteiger partial charge in [0, 0.05) is 62.5 Å². The summed E-state index contributed by atoms with van der Waals surface area (Å²) in [4.78, 5) is 25.7. The third-order valence-electron chi connectivity index (χ3n) is 6.37. The Morgan fingerprint density at radius 2 is 1.97 bits per heavy atom. The number of aliphatic imine (C=N–C) groups is 1. The standard InChI is InChI=1S/C23H39N7O2/c1-4-25-22(28-17-23(2,3)30-12-14-32-15-13-30)27-16-19-6-5-9-26-21(19)29-10-7-18(8-11-29)20(24)31/h5-6,9,18H,4,7-8,10-17H2,1-3H3,(H2,24,31)(H2,25,27,28). The summed E-state index contributed by atoms with van der Waals surface area (Å²) in [6.45, 7) is 13.8. The first-order chi connectivity index (χ1) is 15.4. The van der Waals surface area contributed by atoms with E-state index in [1.54, 1.807) is 0 Å². The minimum Gasteiger partial charge on any atom is -0.379 e. The molecule has 178 valence electrons. The molecule has 0 bridgehead atoms. The molecule has 0 aliphatic carbocycles. The van der Waals surface area contributed by atoms with Gasteiger partial charge in [0.1, 0.15) is 5.82 Å². The predicted molar refractivity (Wildman–Crippen MR) is 128 cm³/mol. The molecule has 0 saturated carbocycles. The molecule has 4 N–H and O–H groups in total. The Morgan fingerprint density at radius 3 is 2.62 bits per heavy atom. The predicted octanol–water partition coefficient (Wildman–Crippen LogP) is 0.949. The fourth-order valence-corrected chi connectivity index (χ4v) is 4.30. The highest BCUT2D eigenvalue weighted by Crippen LogP contribution is 2.25. The Morgan fingerprint density at radius 1 is 1.25 bits per heavy atom. The van der Waals surface area contributed by atoms with Gasteiger partial charge in [-0.25, -0.2) is 9.98 Å². The normalized spacial score (nSPS) is 19.1. The average molecular weight is 446 g/mol. The quantitative estimate of drug-likeness (QED) is 0.404. The summed E-state index contributed by atoms with van der Waals surface area (Å²) in [6, 6.07) is 4.03. The van der Waals surface area contributed by atoms with Crippen molar-refractivity contribution < 1.29 is 9.53 Å². The molecule has 2 aliphatic rings. The third-order valence-corrected chi connectivity index (χ3v) is 6.37. The van der Waals surface area contributed by atoms with Gasteiger partial charge in [0.15, 0.2) is 5.96 Å². The van der Waals surface area contributed by atoms with E-state index in [1.807, 2.05) is 12.3 Å². The molecule has 9 heteroatoms. The lowest BCUT2D eigenvalue weighted by Crippen LogP contribution is -2.56. The number of hydrogen-bond donors (Lipinski definition) is 3. The van der Waals surface area contributed by atoms with E-state index in [-0.39, 0.29) is 17.4 Å². The third kappa shape index (κ3) is 6.56. The molecule has 2 aliphatic heterocycles. The Labute approximate surface area is 191 Å². The number of piperidine rings is 1. The molecule has 2 fully saturated rings. The van der Waals surface area contributed by atoms with Gasteiger partial charge in [0.25, 0.3) is 0 Å². The molecule has 3 rings (SSSR count). The molecule has 2 saturated heterocycles. The number of hydrogen-bond acceptors (Lipinski definition) is 6. The van der Waals surface area contributed by atoms with Crippen LogP contribution in [-0.4, -0.2) is 79.8 Å². The summed E-state index contributed by atoms with van der Waals surface area (Å²) >= 11 is 0. The lowest BCUT2D eigenvalue weighted by Gasteiger charge is -2.41. The number of ether oxygens (including phenoxy) is 1. The molecule has 32 heavy (non-hydrogen) atoms. The summed E-state index contributed by atoms with van der Waals surface area (Å²) in [7, 11) is 0. The zero-order chi connectivity index (χ0) is 23.0. The average Bonchev–Trinajstić information content (AvgIpc) is 2.82. The maximum atomic E-state index is 11.5. The van der Waals surface area contributed by atoms with E-state index >= 15 is 0 Å². The van der Waals surface area contributed by atoms with Gasteiger partial charge in [-0.2, -0.15) is 0 Å². The monoisotopic (exact) mass is 445 g/mol. The van der Waals surface area contributed by atoms with Crippen LogP contribution >= 0.6 is 0 Å². The van der Waals surface area contributed by atoms with Crippen LogP contribution in [0.3, 0.4) is 0 Å². The van der Waals surface area contributed by atoms with E-state index in [1.165, 1.54) is 0 Å². The highest BCUT2D eigenvalue weighted by atomic mass is 16.5. The van der Waals surface area contributed by atoms with E-state index in [0.29, 0.717) is 6.54 Å². The summed E-state index contributed by atoms with van der Waals surface area (Å²) in [6.07, 6.45) is 3.36. The topological polar surface area (TPSA) is 108 Å². The molecule has 0 radical (unpaired) electrons. The van der Waals surface area contributed by atoms with Crippen molar-refractivity contribution >= 4 is 17.7 Å². The fraction of sp³-hybridized carbons (Fsp3) is 0.696. The maximum Gasteiger partial charge on any atom is 0.220 e. The second-order valence-electron chi connectivity index (χ2n) is 9.11. The molecule has 1 amide bonds. The number of morpholine rings is 1. The molecule has 0 spiro atoms. The minimum atomic E-state index is -0.197. The minimum absolute atomic E-state index is 0.00417. The zero-order valence-electron chi connectivity index (χ0n) is 19.8. The van der Waals surface area contributed by atoms with Crippen molar-refractivity contribution in [3.63, 3.8) is 0 Å². The number of pyridine rings is 1. The number of nitrogens with zero attached hydrogens (tertiary/aromatic N) is 4. The molecular weight excluding hydrogens is 406 g/mol. The van der Waals surface area contributed by atoms with Gasteiger partial charge in [-0.3, -0.25) is 9.69 Å². The van der Waals surface area contributed by atoms with Gasteiger partial charge in [-0.05, 0) is 39.7 Å². The second kappa shape index (κ2) is 11.5. The molecule has 0 aromatic carbocycles. The van der Waals surface area contributed by atoms with Crippen LogP contribution in [0.5, 0.6) is 0 Å². The molecule has 0 atom stereocenters. The van der Waals surface area contributed by atoms with E-state index in [4.69, 9.17) is 15.5 Å². The molecule has 3 heterocycles. The number of aromatic nitrogens is 1. The van der Waals surface area contributed by atoms with Crippen LogP contribution < -0.4 is 21.3 Å². The van der Waals surface area contributed by atoms with E-state index in [0.717, 1.165) is 82.7 Å². The first kappa shape index (κ1) is 24.3. The van der Waals surface area contributed by atoms with Crippen molar-refractivity contribution in [2.75, 3.05) is 57.4 Å². The highest BCUT2D eigenvalue weighted by molar-refractivity contribution is 5.80. The Bertz CT molecular complexity index is 769. The number of nitrogens with two attached hydrogens (primary N) is 1. The number of carbonyl (C=O) groups is 1. The molecule has 0 unspecified atom stereocenters. The number of guanidine groups is 1. The van der Waals surface area contributed by atoms with Crippen molar-refractivity contribution in [2.24, 2.45) is 16.6 Å². The van der Waals surface area contributed by atoms with Gasteiger partial charge < -0.3 is 26.0 Å². The van der Waals surface area contributed by atoms with Crippen LogP contribution in [0.2, 0.25) is 0 Å². The first-order valence-electron chi connectivity index (χ1n) is 11.7. The number of primary amides is 1. The second-order valence-corrected chi connectivity index (χ2v) is 9.11. The summed E-state index contributed by atoms with van der Waals surface area (Å²) < 4.78 is 5.49. The van der Waals surface area contributed by atoms with Gasteiger partial charge >= 0.3 is 0 Å². The lowest BCUT2D eigenvalue weighted by atomic mass is 9.96. The van der Waals surface area contributed by atoms with Gasteiger partial charge in [0.05, 0.1) is 19.8 Å². The Hall–Kier alpha value is -2.39. The molecule has 9 nitrogen and oxygen atoms in total. The number of anilines is 1. The van der Waals surface area contributed by atoms with Crippen molar-refractivity contribution in [3.8, 4) is 0 Å². The largest absolute Gasteiger partial charge is 0.379 e. The molecule has 1 aromatic rings. The van der Waals surface area contributed by atoms with E-state index in [9.17, 15) is 4.79 Å². The zero-order valence-corrected chi connectivity index (χ0v) is 19.8. The van der Waals surface area contributed by atoms with Crippen molar-refractivity contribution in [1.82, 2.24) is 20.5 Å². The van der Waals surface area contributed by atoms with Gasteiger partial charge in [-0.1, -0.05) is 6.07 Å². The van der Waals surface area contributed by atoms with Crippen molar-refractivity contribution in [3.05, 3.63) is 23.9 Å². The summed E-state index contributed by atoms with van der Waals surface area (Å²) in [5.74, 6) is 1.52. The summed E-state index contributed by atoms with van der Waals surface area (Å²) in [5, 5.41) is 6.87. The van der Waals surface area contributed by atoms with Crippen molar-refractivity contribution in [1.29, 1.82) is 0 Å². The van der Waals surface area contributed by atoms with Gasteiger partial charge in [-0.15, -0.1) is 0 Å². The van der Waals surface area contributed by atoms with Crippen LogP contribution in [-0.2, 0) is 16.1 Å². The summed E-state index contributed by atoms with van der Waals surface area (Å²) in [5.41, 5.74) is 6.57.